The van der Waals surface area contributed by atoms with Crippen molar-refractivity contribution < 1.29 is 9.90 Å². The number of nitrogens with zero attached hydrogens (tertiary/aromatic N) is 2. The Morgan fingerprint density at radius 2 is 2.05 bits per heavy atom. The summed E-state index contributed by atoms with van der Waals surface area (Å²) in [5, 5.41) is 12.7. The van der Waals surface area contributed by atoms with E-state index < -0.39 is 11.6 Å². The number of aliphatic hydroxyl groups excluding tert-OH is 1. The number of hydrogen-bond acceptors (Lipinski definition) is 4. The molecule has 1 amide bonds. The van der Waals surface area contributed by atoms with Crippen LogP contribution in [-0.2, 0) is 11.2 Å². The van der Waals surface area contributed by atoms with Crippen molar-refractivity contribution in [2.75, 3.05) is 39.5 Å². The van der Waals surface area contributed by atoms with E-state index in [1.165, 1.54) is 5.56 Å². The van der Waals surface area contributed by atoms with Gasteiger partial charge < -0.3 is 15.3 Å². The van der Waals surface area contributed by atoms with Gasteiger partial charge in [0.25, 0.3) is 0 Å². The van der Waals surface area contributed by atoms with Crippen LogP contribution in [0.25, 0.3) is 0 Å². The lowest BCUT2D eigenvalue weighted by Crippen LogP contribution is -2.48. The van der Waals surface area contributed by atoms with Gasteiger partial charge in [0.1, 0.15) is 5.54 Å². The zero-order valence-corrected chi connectivity index (χ0v) is 14.0. The lowest BCUT2D eigenvalue weighted by atomic mass is 9.97. The second-order valence-corrected chi connectivity index (χ2v) is 6.72. The van der Waals surface area contributed by atoms with Crippen molar-refractivity contribution in [1.29, 1.82) is 0 Å². The van der Waals surface area contributed by atoms with E-state index in [0.717, 1.165) is 18.7 Å². The number of likely N-dealkylation sites (N-methyl/N-ethyl adjacent to an activating group) is 2. The molecule has 1 fully saturated rings. The zero-order valence-electron chi connectivity index (χ0n) is 14.0. The number of nitrogens with one attached hydrogen (secondary N) is 1. The second-order valence-electron chi connectivity index (χ2n) is 6.72. The third-order valence-electron chi connectivity index (χ3n) is 4.51. The minimum atomic E-state index is -0.650. The van der Waals surface area contributed by atoms with Gasteiger partial charge in [-0.25, -0.2) is 0 Å². The van der Waals surface area contributed by atoms with Crippen molar-refractivity contribution in [2.45, 2.75) is 31.4 Å². The molecule has 1 aliphatic heterocycles. The molecular weight excluding hydrogens is 278 g/mol. The first-order valence-electron chi connectivity index (χ1n) is 7.75. The topological polar surface area (TPSA) is 55.8 Å². The van der Waals surface area contributed by atoms with Crippen LogP contribution in [-0.4, -0.2) is 66.7 Å². The summed E-state index contributed by atoms with van der Waals surface area (Å²) in [6.07, 6.45) is 1.03. The zero-order chi connectivity index (χ0) is 16.3. The minimum Gasteiger partial charge on any atom is -0.392 e. The molecular formula is C17H27N3O2. The molecule has 2 unspecified atom stereocenters. The first-order valence-corrected chi connectivity index (χ1v) is 7.75. The average Bonchev–Trinajstić information content (AvgIpc) is 2.72. The molecule has 1 aromatic rings. The van der Waals surface area contributed by atoms with Crippen LogP contribution in [0.4, 0.5) is 5.69 Å². The SMILES string of the molecule is CN(C)CCc1ccc(NC(=O)C2(C)CC(O)CN2C)cc1. The van der Waals surface area contributed by atoms with E-state index >= 15 is 0 Å². The van der Waals surface area contributed by atoms with Crippen molar-refractivity contribution >= 4 is 11.6 Å². The number of benzene rings is 1. The van der Waals surface area contributed by atoms with Crippen LogP contribution in [0, 0.1) is 0 Å². The van der Waals surface area contributed by atoms with E-state index in [1.807, 2.05) is 31.0 Å². The number of rotatable bonds is 5. The first-order chi connectivity index (χ1) is 10.3. The molecule has 0 radical (unpaired) electrons. The molecule has 1 heterocycles. The Morgan fingerprint density at radius 1 is 1.41 bits per heavy atom. The molecule has 1 aromatic carbocycles. The van der Waals surface area contributed by atoms with E-state index in [0.29, 0.717) is 13.0 Å². The molecule has 0 aromatic heterocycles. The number of carbonyl (C=O) groups excluding carboxylic acids is 1. The van der Waals surface area contributed by atoms with Gasteiger partial charge in [-0.15, -0.1) is 0 Å². The molecule has 122 valence electrons. The third-order valence-corrected chi connectivity index (χ3v) is 4.51. The highest BCUT2D eigenvalue weighted by Gasteiger charge is 2.45. The van der Waals surface area contributed by atoms with Crippen LogP contribution in [0.2, 0.25) is 0 Å². The van der Waals surface area contributed by atoms with Crippen LogP contribution in [0.3, 0.4) is 0 Å². The summed E-state index contributed by atoms with van der Waals surface area (Å²) >= 11 is 0. The van der Waals surface area contributed by atoms with Gasteiger partial charge in [-0.1, -0.05) is 12.1 Å². The molecule has 0 spiro atoms. The fourth-order valence-corrected chi connectivity index (χ4v) is 2.84. The van der Waals surface area contributed by atoms with Gasteiger partial charge in [0.15, 0.2) is 0 Å². The summed E-state index contributed by atoms with van der Waals surface area (Å²) in [6.45, 7) is 3.42. The number of anilines is 1. The van der Waals surface area contributed by atoms with Crippen molar-refractivity contribution in [1.82, 2.24) is 9.80 Å². The van der Waals surface area contributed by atoms with Crippen LogP contribution in [0.5, 0.6) is 0 Å². The molecule has 1 aliphatic rings. The molecule has 0 bridgehead atoms. The maximum absolute atomic E-state index is 12.5. The highest BCUT2D eigenvalue weighted by molar-refractivity contribution is 5.98. The van der Waals surface area contributed by atoms with E-state index in [4.69, 9.17) is 0 Å². The van der Waals surface area contributed by atoms with Gasteiger partial charge in [0, 0.05) is 25.2 Å². The Morgan fingerprint density at radius 3 is 2.55 bits per heavy atom. The summed E-state index contributed by atoms with van der Waals surface area (Å²) < 4.78 is 0. The average molecular weight is 305 g/mol. The van der Waals surface area contributed by atoms with Gasteiger partial charge in [-0.2, -0.15) is 0 Å². The smallest absolute Gasteiger partial charge is 0.244 e. The van der Waals surface area contributed by atoms with E-state index in [2.05, 4.69) is 36.4 Å². The Hall–Kier alpha value is -1.43. The highest BCUT2D eigenvalue weighted by atomic mass is 16.3. The number of amides is 1. The lowest BCUT2D eigenvalue weighted by Gasteiger charge is -2.30. The number of carbonyl (C=O) groups is 1. The van der Waals surface area contributed by atoms with Crippen LogP contribution < -0.4 is 5.32 Å². The van der Waals surface area contributed by atoms with E-state index in [1.54, 1.807) is 0 Å². The largest absolute Gasteiger partial charge is 0.392 e. The number of likely N-dealkylation sites (tertiary alicyclic amines) is 1. The Bertz CT molecular complexity index is 515. The summed E-state index contributed by atoms with van der Waals surface area (Å²) in [4.78, 5) is 16.6. The van der Waals surface area contributed by atoms with Gasteiger partial charge in [0.2, 0.25) is 5.91 Å². The number of hydrogen-bond donors (Lipinski definition) is 2. The fourth-order valence-electron chi connectivity index (χ4n) is 2.84. The normalized spacial score (nSPS) is 25.6. The number of β-amino-alcohol motifs (C(OH)–C–C–N with tert-alkyl or cyclic N) is 1. The van der Waals surface area contributed by atoms with Crippen LogP contribution >= 0.6 is 0 Å². The van der Waals surface area contributed by atoms with Gasteiger partial charge in [-0.3, -0.25) is 9.69 Å². The predicted octanol–water partition coefficient (Wildman–Crippen LogP) is 1.18. The molecule has 0 aliphatic carbocycles. The van der Waals surface area contributed by atoms with Crippen molar-refractivity contribution in [3.63, 3.8) is 0 Å². The van der Waals surface area contributed by atoms with E-state index in [9.17, 15) is 9.90 Å². The highest BCUT2D eigenvalue weighted by Crippen LogP contribution is 2.29. The van der Waals surface area contributed by atoms with Crippen molar-refractivity contribution in [3.8, 4) is 0 Å². The van der Waals surface area contributed by atoms with Gasteiger partial charge in [-0.05, 0) is 52.2 Å². The molecule has 0 saturated carbocycles. The maximum atomic E-state index is 12.5. The van der Waals surface area contributed by atoms with Crippen LogP contribution in [0.15, 0.2) is 24.3 Å². The molecule has 22 heavy (non-hydrogen) atoms. The van der Waals surface area contributed by atoms with E-state index in [-0.39, 0.29) is 5.91 Å². The van der Waals surface area contributed by atoms with Crippen LogP contribution in [0.1, 0.15) is 18.9 Å². The number of aliphatic hydroxyl groups is 1. The summed E-state index contributed by atoms with van der Waals surface area (Å²) in [7, 11) is 5.99. The monoisotopic (exact) mass is 305 g/mol. The fraction of sp³-hybridized carbons (Fsp3) is 0.588. The first kappa shape index (κ1) is 16.9. The summed E-state index contributed by atoms with van der Waals surface area (Å²) in [5.41, 5.74) is 1.41. The molecule has 5 nitrogen and oxygen atoms in total. The Labute approximate surface area is 132 Å². The lowest BCUT2D eigenvalue weighted by molar-refractivity contribution is -0.125. The Kier molecular flexibility index (Phi) is 5.21. The second kappa shape index (κ2) is 6.77. The van der Waals surface area contributed by atoms with Crippen molar-refractivity contribution in [2.24, 2.45) is 0 Å². The Balaban J connectivity index is 1.97. The predicted molar refractivity (Wildman–Crippen MR) is 89.0 cm³/mol. The molecule has 2 rings (SSSR count). The third kappa shape index (κ3) is 3.85. The molecule has 1 saturated heterocycles. The summed E-state index contributed by atoms with van der Waals surface area (Å²) in [6, 6.07) is 7.98. The quantitative estimate of drug-likeness (QED) is 0.858. The van der Waals surface area contributed by atoms with Gasteiger partial charge >= 0.3 is 0 Å². The summed E-state index contributed by atoms with van der Waals surface area (Å²) in [5.74, 6) is -0.0624. The minimum absolute atomic E-state index is 0.0624. The molecule has 2 N–H and O–H groups in total. The van der Waals surface area contributed by atoms with Gasteiger partial charge in [0.05, 0.1) is 6.10 Å². The molecule has 5 heteroatoms. The van der Waals surface area contributed by atoms with Crippen molar-refractivity contribution in [3.05, 3.63) is 29.8 Å². The molecule has 2 atom stereocenters. The standard InChI is InChI=1S/C17H27N3O2/c1-17(11-15(21)12-20(17)4)16(22)18-14-7-5-13(6-8-14)9-10-19(2)3/h5-8,15,21H,9-12H2,1-4H3,(H,18,22). The maximum Gasteiger partial charge on any atom is 0.244 e.